The number of methoxy groups -OCH3 is 1. The molecular weight excluding hydrogens is 314 g/mol. The number of carbonyl (C=O) groups excluding carboxylic acids is 1. The van der Waals surface area contributed by atoms with Crippen LogP contribution >= 0.6 is 0 Å². The summed E-state index contributed by atoms with van der Waals surface area (Å²) in [4.78, 5) is 16.4. The average molecular weight is 335 g/mol. The molecular formula is C21H21NO3. The largest absolute Gasteiger partial charge is 0.496 e. The average Bonchev–Trinajstić information content (AvgIpc) is 2.94. The molecule has 0 saturated heterocycles. The number of cyclic esters (lactones) is 1. The van der Waals surface area contributed by atoms with E-state index in [-0.39, 0.29) is 0 Å². The summed E-state index contributed by atoms with van der Waals surface area (Å²) in [6.45, 7) is 4.02. The Kier molecular flexibility index (Phi) is 4.98. The summed E-state index contributed by atoms with van der Waals surface area (Å²) in [6, 6.07) is 14.1. The first-order valence-electron chi connectivity index (χ1n) is 8.27. The highest BCUT2D eigenvalue weighted by molar-refractivity contribution is 6.07. The lowest BCUT2D eigenvalue weighted by molar-refractivity contribution is -0.130. The number of aryl methyl sites for hydroxylation is 3. The van der Waals surface area contributed by atoms with Crippen molar-refractivity contribution in [1.82, 2.24) is 0 Å². The molecule has 0 N–H and O–H groups in total. The molecule has 3 rings (SSSR count). The number of hydrogen-bond donors (Lipinski definition) is 0. The first-order valence-corrected chi connectivity index (χ1v) is 8.27. The molecule has 0 amide bonds. The molecule has 128 valence electrons. The minimum Gasteiger partial charge on any atom is -0.496 e. The van der Waals surface area contributed by atoms with Gasteiger partial charge >= 0.3 is 5.97 Å². The van der Waals surface area contributed by atoms with E-state index in [1.807, 2.05) is 25.1 Å². The minimum atomic E-state index is -0.396. The minimum absolute atomic E-state index is 0.337. The number of esters is 1. The molecule has 4 heteroatoms. The molecule has 2 aromatic carbocycles. The third-order valence-electron chi connectivity index (χ3n) is 4.14. The molecule has 0 atom stereocenters. The maximum atomic E-state index is 12.0. The number of rotatable bonds is 5. The van der Waals surface area contributed by atoms with Crippen LogP contribution in [0.4, 0.5) is 0 Å². The highest BCUT2D eigenvalue weighted by Gasteiger charge is 2.22. The van der Waals surface area contributed by atoms with Crippen molar-refractivity contribution in [3.05, 3.63) is 70.4 Å². The van der Waals surface area contributed by atoms with Gasteiger partial charge in [0, 0.05) is 6.42 Å². The van der Waals surface area contributed by atoms with E-state index in [0.717, 1.165) is 23.3 Å². The highest BCUT2D eigenvalue weighted by atomic mass is 16.6. The zero-order valence-corrected chi connectivity index (χ0v) is 14.7. The van der Waals surface area contributed by atoms with E-state index in [9.17, 15) is 4.79 Å². The topological polar surface area (TPSA) is 47.9 Å². The van der Waals surface area contributed by atoms with E-state index >= 15 is 0 Å². The molecule has 0 aliphatic carbocycles. The number of nitrogens with zero attached hydrogens (tertiary/aromatic N) is 1. The van der Waals surface area contributed by atoms with Gasteiger partial charge in [-0.3, -0.25) is 0 Å². The SMILES string of the molecule is COc1ccc(/C=C2/N=C(CCc3ccc(C)cc3)OC2=O)cc1C. The smallest absolute Gasteiger partial charge is 0.363 e. The van der Waals surface area contributed by atoms with E-state index < -0.39 is 5.97 Å². The number of carbonyl (C=O) groups is 1. The van der Waals surface area contributed by atoms with E-state index in [1.165, 1.54) is 11.1 Å². The second-order valence-electron chi connectivity index (χ2n) is 6.14. The van der Waals surface area contributed by atoms with E-state index in [2.05, 4.69) is 36.2 Å². The van der Waals surface area contributed by atoms with Crippen LogP contribution in [0.5, 0.6) is 5.75 Å². The molecule has 0 bridgehead atoms. The van der Waals surface area contributed by atoms with Gasteiger partial charge in [-0.2, -0.15) is 0 Å². The van der Waals surface area contributed by atoms with Crippen LogP contribution in [0.15, 0.2) is 53.2 Å². The Bertz CT molecular complexity index is 848. The summed E-state index contributed by atoms with van der Waals surface area (Å²) in [5.74, 6) is 0.896. The summed E-state index contributed by atoms with van der Waals surface area (Å²) in [7, 11) is 1.64. The molecule has 0 saturated carbocycles. The third kappa shape index (κ3) is 4.15. The van der Waals surface area contributed by atoms with Crippen molar-refractivity contribution in [2.24, 2.45) is 4.99 Å². The van der Waals surface area contributed by atoms with Crippen molar-refractivity contribution < 1.29 is 14.3 Å². The van der Waals surface area contributed by atoms with E-state index in [4.69, 9.17) is 9.47 Å². The zero-order chi connectivity index (χ0) is 17.8. The fraction of sp³-hybridized carbons (Fsp3) is 0.238. The van der Waals surface area contributed by atoms with Gasteiger partial charge in [-0.1, -0.05) is 35.9 Å². The number of hydrogen-bond acceptors (Lipinski definition) is 4. The van der Waals surface area contributed by atoms with Gasteiger partial charge in [0.1, 0.15) is 5.75 Å². The van der Waals surface area contributed by atoms with Crippen molar-refractivity contribution in [2.75, 3.05) is 7.11 Å². The maximum absolute atomic E-state index is 12.0. The molecule has 0 radical (unpaired) electrons. The summed E-state index contributed by atoms with van der Waals surface area (Å²) in [5.41, 5.74) is 4.67. The van der Waals surface area contributed by atoms with Gasteiger partial charge in [-0.05, 0) is 55.2 Å². The summed E-state index contributed by atoms with van der Waals surface area (Å²) >= 11 is 0. The summed E-state index contributed by atoms with van der Waals surface area (Å²) in [6.07, 6.45) is 3.14. The van der Waals surface area contributed by atoms with Crippen LogP contribution in [0.3, 0.4) is 0 Å². The van der Waals surface area contributed by atoms with Crippen LogP contribution in [0.1, 0.15) is 28.7 Å². The van der Waals surface area contributed by atoms with E-state index in [0.29, 0.717) is 18.0 Å². The second kappa shape index (κ2) is 7.34. The number of benzene rings is 2. The highest BCUT2D eigenvalue weighted by Crippen LogP contribution is 2.22. The lowest BCUT2D eigenvalue weighted by Crippen LogP contribution is -2.05. The molecule has 0 fully saturated rings. The summed E-state index contributed by atoms with van der Waals surface area (Å²) < 4.78 is 10.5. The normalized spacial score (nSPS) is 15.2. The Hall–Kier alpha value is -2.88. The van der Waals surface area contributed by atoms with Gasteiger partial charge in [-0.25, -0.2) is 9.79 Å². The standard InChI is InChI=1S/C21H21NO3/c1-14-4-6-16(7-5-14)9-11-20-22-18(21(23)25-20)13-17-8-10-19(24-3)15(2)12-17/h4-8,10,12-13H,9,11H2,1-3H3/b18-13+. The third-order valence-corrected chi connectivity index (χ3v) is 4.14. The fourth-order valence-corrected chi connectivity index (χ4v) is 2.72. The summed E-state index contributed by atoms with van der Waals surface area (Å²) in [5, 5.41) is 0. The van der Waals surface area contributed by atoms with Gasteiger partial charge in [0.05, 0.1) is 7.11 Å². The van der Waals surface area contributed by atoms with Crippen LogP contribution in [-0.2, 0) is 16.0 Å². The Morgan fingerprint density at radius 2 is 1.84 bits per heavy atom. The Balaban J connectivity index is 1.71. The van der Waals surface area contributed by atoms with Crippen LogP contribution in [0.2, 0.25) is 0 Å². The lowest BCUT2D eigenvalue weighted by Gasteiger charge is -2.04. The molecule has 2 aromatic rings. The number of aliphatic imine (C=N–C) groups is 1. The van der Waals surface area contributed by atoms with Gasteiger partial charge in [0.15, 0.2) is 11.6 Å². The van der Waals surface area contributed by atoms with E-state index in [1.54, 1.807) is 13.2 Å². The molecule has 1 aliphatic rings. The van der Waals surface area contributed by atoms with Crippen molar-refractivity contribution >= 4 is 17.9 Å². The lowest BCUT2D eigenvalue weighted by atomic mass is 10.1. The Morgan fingerprint density at radius 3 is 2.52 bits per heavy atom. The van der Waals surface area contributed by atoms with Crippen LogP contribution in [0.25, 0.3) is 6.08 Å². The van der Waals surface area contributed by atoms with Gasteiger partial charge in [-0.15, -0.1) is 0 Å². The molecule has 1 aliphatic heterocycles. The maximum Gasteiger partial charge on any atom is 0.363 e. The quantitative estimate of drug-likeness (QED) is 0.606. The number of ether oxygens (including phenoxy) is 2. The van der Waals surface area contributed by atoms with Crippen LogP contribution in [0, 0.1) is 13.8 Å². The monoisotopic (exact) mass is 335 g/mol. The van der Waals surface area contributed by atoms with Crippen LogP contribution in [-0.4, -0.2) is 19.0 Å². The first-order chi connectivity index (χ1) is 12.0. The van der Waals surface area contributed by atoms with Crippen molar-refractivity contribution in [1.29, 1.82) is 0 Å². The van der Waals surface area contributed by atoms with Crippen molar-refractivity contribution in [3.63, 3.8) is 0 Å². The second-order valence-corrected chi connectivity index (χ2v) is 6.14. The molecule has 25 heavy (non-hydrogen) atoms. The molecule has 1 heterocycles. The molecule has 0 spiro atoms. The van der Waals surface area contributed by atoms with Crippen molar-refractivity contribution in [3.8, 4) is 5.75 Å². The van der Waals surface area contributed by atoms with Gasteiger partial charge in [0.2, 0.25) is 0 Å². The van der Waals surface area contributed by atoms with Gasteiger partial charge < -0.3 is 9.47 Å². The van der Waals surface area contributed by atoms with Crippen LogP contribution < -0.4 is 4.74 Å². The Labute approximate surface area is 147 Å². The zero-order valence-electron chi connectivity index (χ0n) is 14.7. The van der Waals surface area contributed by atoms with Crippen molar-refractivity contribution in [2.45, 2.75) is 26.7 Å². The van der Waals surface area contributed by atoms with Gasteiger partial charge in [0.25, 0.3) is 0 Å². The predicted molar refractivity (Wildman–Crippen MR) is 98.7 cm³/mol. The first kappa shape index (κ1) is 17.0. The molecule has 4 nitrogen and oxygen atoms in total. The molecule has 0 unspecified atom stereocenters. The Morgan fingerprint density at radius 1 is 1.08 bits per heavy atom. The molecule has 0 aromatic heterocycles. The fourth-order valence-electron chi connectivity index (χ4n) is 2.72. The predicted octanol–water partition coefficient (Wildman–Crippen LogP) is 4.24.